The Hall–Kier alpha value is -2.42. The monoisotopic (exact) mass is 437 g/mol. The van der Waals surface area contributed by atoms with E-state index in [0.717, 1.165) is 55.6 Å². The number of halogens is 2. The van der Waals surface area contributed by atoms with E-state index in [1.165, 1.54) is 0 Å². The van der Waals surface area contributed by atoms with Crippen LogP contribution in [0, 0.1) is 6.92 Å². The van der Waals surface area contributed by atoms with E-state index in [9.17, 15) is 8.78 Å². The first-order valence-corrected chi connectivity index (χ1v) is 11.2. The molecule has 0 bridgehead atoms. The second-order valence-corrected chi connectivity index (χ2v) is 8.11. The van der Waals surface area contributed by atoms with E-state index in [2.05, 4.69) is 35.6 Å². The zero-order chi connectivity index (χ0) is 21.3. The van der Waals surface area contributed by atoms with Crippen molar-refractivity contribution in [2.24, 2.45) is 4.99 Å². The van der Waals surface area contributed by atoms with Crippen LogP contribution in [0.2, 0.25) is 0 Å². The molecule has 3 rings (SSSR count). The summed E-state index contributed by atoms with van der Waals surface area (Å²) in [5.41, 5.74) is 1.77. The molecule has 1 atom stereocenters. The zero-order valence-corrected chi connectivity index (χ0v) is 18.2. The Morgan fingerprint density at radius 2 is 2.23 bits per heavy atom. The first kappa shape index (κ1) is 22.3. The summed E-state index contributed by atoms with van der Waals surface area (Å²) in [5, 5.41) is 9.98. The number of rotatable bonds is 9. The molecule has 2 aromatic rings. The molecule has 2 heterocycles. The second-order valence-electron chi connectivity index (χ2n) is 7.17. The molecule has 0 spiro atoms. The number of aromatic nitrogens is 1. The Balaban J connectivity index is 1.53. The van der Waals surface area contributed by atoms with Gasteiger partial charge < -0.3 is 20.3 Å². The molecule has 1 aromatic carbocycles. The van der Waals surface area contributed by atoms with E-state index < -0.39 is 6.61 Å². The fourth-order valence-corrected chi connectivity index (χ4v) is 4.28. The minimum Gasteiger partial charge on any atom is -0.433 e. The van der Waals surface area contributed by atoms with Gasteiger partial charge in [0.2, 0.25) is 0 Å². The van der Waals surface area contributed by atoms with Gasteiger partial charge in [0.15, 0.2) is 5.96 Å². The van der Waals surface area contributed by atoms with E-state index in [1.807, 2.05) is 26.0 Å². The molecule has 0 amide bonds. The van der Waals surface area contributed by atoms with E-state index in [0.29, 0.717) is 12.2 Å². The highest BCUT2D eigenvalue weighted by Crippen LogP contribution is 2.31. The maximum Gasteiger partial charge on any atom is 0.387 e. The van der Waals surface area contributed by atoms with Crippen LogP contribution in [0.4, 0.5) is 14.5 Å². The predicted octanol–water partition coefficient (Wildman–Crippen LogP) is 3.82. The molecule has 1 fully saturated rings. The maximum absolute atomic E-state index is 12.7. The van der Waals surface area contributed by atoms with Crippen molar-refractivity contribution in [3.8, 4) is 5.75 Å². The smallest absolute Gasteiger partial charge is 0.387 e. The topological polar surface area (TPSA) is 61.8 Å². The van der Waals surface area contributed by atoms with Crippen LogP contribution in [0.3, 0.4) is 0 Å². The summed E-state index contributed by atoms with van der Waals surface area (Å²) in [4.78, 5) is 11.2. The van der Waals surface area contributed by atoms with Gasteiger partial charge in [0.25, 0.3) is 0 Å². The Morgan fingerprint density at radius 3 is 2.97 bits per heavy atom. The highest BCUT2D eigenvalue weighted by atomic mass is 32.1. The number of anilines is 1. The quantitative estimate of drug-likeness (QED) is 0.355. The molecule has 1 aliphatic rings. The lowest BCUT2D eigenvalue weighted by atomic mass is 10.2. The third-order valence-corrected chi connectivity index (χ3v) is 5.81. The number of hydrogen-bond acceptors (Lipinski definition) is 5. The number of guanidine groups is 1. The van der Waals surface area contributed by atoms with Crippen LogP contribution in [0.5, 0.6) is 5.75 Å². The summed E-state index contributed by atoms with van der Waals surface area (Å²) in [6, 6.07) is 7.13. The van der Waals surface area contributed by atoms with Gasteiger partial charge in [-0.25, -0.2) is 4.98 Å². The fourth-order valence-electron chi connectivity index (χ4n) is 3.46. The van der Waals surface area contributed by atoms with Gasteiger partial charge in [0.05, 0.1) is 10.7 Å². The molecule has 164 valence electrons. The van der Waals surface area contributed by atoms with Crippen molar-refractivity contribution < 1.29 is 13.5 Å². The second kappa shape index (κ2) is 11.1. The van der Waals surface area contributed by atoms with Crippen LogP contribution in [0.25, 0.3) is 0 Å². The van der Waals surface area contributed by atoms with Crippen LogP contribution in [-0.4, -0.2) is 49.8 Å². The standard InChI is InChI=1S/C21H29F2N5OS/c1-3-24-21(25-11-6-9-19-26-15(2)14-30-19)27-16-10-12-28(13-16)17-7-4-5-8-18(17)29-20(22)23/h4-5,7-8,14,16,20H,3,6,9-13H2,1-2H3,(H2,24,25,27). The number of hydrogen-bond donors (Lipinski definition) is 2. The third kappa shape index (κ3) is 6.55. The molecule has 1 unspecified atom stereocenters. The van der Waals surface area contributed by atoms with Gasteiger partial charge in [-0.05, 0) is 38.8 Å². The van der Waals surface area contributed by atoms with Gasteiger partial charge in [-0.2, -0.15) is 8.78 Å². The molecule has 0 saturated carbocycles. The average molecular weight is 438 g/mol. The molecule has 6 nitrogen and oxygen atoms in total. The SMILES string of the molecule is CCNC(=NCCCc1nc(C)cs1)NC1CCN(c2ccccc2OC(F)F)C1. The first-order chi connectivity index (χ1) is 14.5. The van der Waals surface area contributed by atoms with Crippen molar-refractivity contribution in [2.75, 3.05) is 31.1 Å². The van der Waals surface area contributed by atoms with Crippen molar-refractivity contribution in [1.82, 2.24) is 15.6 Å². The van der Waals surface area contributed by atoms with E-state index >= 15 is 0 Å². The summed E-state index contributed by atoms with van der Waals surface area (Å²) in [7, 11) is 0. The van der Waals surface area contributed by atoms with E-state index in [1.54, 1.807) is 23.5 Å². The molecule has 0 radical (unpaired) electrons. The number of alkyl halides is 2. The molecular weight excluding hydrogens is 408 g/mol. The van der Waals surface area contributed by atoms with Crippen LogP contribution in [0.1, 0.15) is 30.5 Å². The first-order valence-electron chi connectivity index (χ1n) is 10.3. The maximum atomic E-state index is 12.7. The van der Waals surface area contributed by atoms with Crippen LogP contribution >= 0.6 is 11.3 Å². The number of benzene rings is 1. The summed E-state index contributed by atoms with van der Waals surface area (Å²) >= 11 is 1.69. The lowest BCUT2D eigenvalue weighted by Crippen LogP contribution is -2.44. The molecule has 0 aliphatic carbocycles. The normalized spacial score (nSPS) is 16.9. The lowest BCUT2D eigenvalue weighted by molar-refractivity contribution is -0.0495. The molecule has 9 heteroatoms. The predicted molar refractivity (Wildman–Crippen MR) is 118 cm³/mol. The fraction of sp³-hybridized carbons (Fsp3) is 0.524. The van der Waals surface area contributed by atoms with Crippen molar-refractivity contribution in [3.63, 3.8) is 0 Å². The van der Waals surface area contributed by atoms with Gasteiger partial charge in [-0.1, -0.05) is 12.1 Å². The average Bonchev–Trinajstić information content (AvgIpc) is 3.34. The summed E-state index contributed by atoms with van der Waals surface area (Å²) in [5.74, 6) is 1.00. The third-order valence-electron chi connectivity index (χ3n) is 4.78. The Bertz CT molecular complexity index is 829. The lowest BCUT2D eigenvalue weighted by Gasteiger charge is -2.22. The molecule has 1 saturated heterocycles. The summed E-state index contributed by atoms with van der Waals surface area (Å²) in [6.45, 7) is 4.18. The van der Waals surface area contributed by atoms with Gasteiger partial charge in [-0.3, -0.25) is 4.99 Å². The number of thiazole rings is 1. The Kier molecular flexibility index (Phi) is 8.24. The van der Waals surface area contributed by atoms with E-state index in [4.69, 9.17) is 0 Å². The van der Waals surface area contributed by atoms with Crippen molar-refractivity contribution >= 4 is 23.0 Å². The molecular formula is C21H29F2N5OS. The highest BCUT2D eigenvalue weighted by molar-refractivity contribution is 7.09. The van der Waals surface area contributed by atoms with Gasteiger partial charge in [0, 0.05) is 49.7 Å². The molecule has 30 heavy (non-hydrogen) atoms. The molecule has 2 N–H and O–H groups in total. The van der Waals surface area contributed by atoms with Crippen LogP contribution in [-0.2, 0) is 6.42 Å². The minimum atomic E-state index is -2.83. The van der Waals surface area contributed by atoms with Crippen LogP contribution < -0.4 is 20.3 Å². The number of nitrogens with zero attached hydrogens (tertiary/aromatic N) is 3. The van der Waals surface area contributed by atoms with Gasteiger partial charge in [-0.15, -0.1) is 11.3 Å². The van der Waals surface area contributed by atoms with Crippen molar-refractivity contribution in [2.45, 2.75) is 45.8 Å². The van der Waals surface area contributed by atoms with E-state index in [-0.39, 0.29) is 11.8 Å². The zero-order valence-electron chi connectivity index (χ0n) is 17.4. The minimum absolute atomic E-state index is 0.184. The van der Waals surface area contributed by atoms with Crippen molar-refractivity contribution in [3.05, 3.63) is 40.3 Å². The number of para-hydroxylation sites is 2. The molecule has 1 aliphatic heterocycles. The number of aryl methyl sites for hydroxylation is 2. The number of ether oxygens (including phenoxy) is 1. The molecule has 1 aromatic heterocycles. The largest absolute Gasteiger partial charge is 0.433 e. The number of aliphatic imine (C=N–C) groups is 1. The Morgan fingerprint density at radius 1 is 1.40 bits per heavy atom. The number of nitrogens with one attached hydrogen (secondary N) is 2. The van der Waals surface area contributed by atoms with Gasteiger partial charge >= 0.3 is 6.61 Å². The van der Waals surface area contributed by atoms with Crippen LogP contribution in [0.15, 0.2) is 34.6 Å². The summed E-state index contributed by atoms with van der Waals surface area (Å²) in [6.07, 6.45) is 2.77. The Labute approximate surface area is 180 Å². The van der Waals surface area contributed by atoms with Crippen molar-refractivity contribution in [1.29, 1.82) is 0 Å². The summed E-state index contributed by atoms with van der Waals surface area (Å²) < 4.78 is 30.1. The van der Waals surface area contributed by atoms with Gasteiger partial charge in [0.1, 0.15) is 5.75 Å². The highest BCUT2D eigenvalue weighted by Gasteiger charge is 2.26.